The van der Waals surface area contributed by atoms with E-state index in [0.717, 1.165) is 31.2 Å². The molecule has 0 saturated heterocycles. The summed E-state index contributed by atoms with van der Waals surface area (Å²) < 4.78 is 0. The highest BCUT2D eigenvalue weighted by Crippen LogP contribution is 2.32. The molecule has 1 amide bonds. The zero-order valence-corrected chi connectivity index (χ0v) is 13.1. The van der Waals surface area contributed by atoms with Crippen LogP contribution in [0.2, 0.25) is 10.0 Å². The third-order valence-electron chi connectivity index (χ3n) is 4.06. The fourth-order valence-electron chi connectivity index (χ4n) is 2.64. The van der Waals surface area contributed by atoms with Gasteiger partial charge in [0.25, 0.3) is 0 Å². The number of benzene rings is 1. The predicted molar refractivity (Wildman–Crippen MR) is 84.3 cm³/mol. The zero-order valence-electron chi connectivity index (χ0n) is 11.6. The Morgan fingerprint density at radius 2 is 1.90 bits per heavy atom. The maximum Gasteiger partial charge on any atom is 0.227 e. The van der Waals surface area contributed by atoms with Crippen molar-refractivity contribution in [2.45, 2.75) is 32.6 Å². The van der Waals surface area contributed by atoms with Gasteiger partial charge in [-0.25, -0.2) is 0 Å². The molecule has 0 unspecified atom stereocenters. The second kappa shape index (κ2) is 6.79. The van der Waals surface area contributed by atoms with E-state index in [1.807, 2.05) is 6.92 Å². The van der Waals surface area contributed by atoms with Crippen LogP contribution in [0.15, 0.2) is 12.1 Å². The van der Waals surface area contributed by atoms with Crippen LogP contribution in [-0.2, 0) is 4.79 Å². The summed E-state index contributed by atoms with van der Waals surface area (Å²) in [5.41, 5.74) is 7.16. The Morgan fingerprint density at radius 1 is 1.25 bits per heavy atom. The van der Waals surface area contributed by atoms with E-state index < -0.39 is 0 Å². The van der Waals surface area contributed by atoms with E-state index >= 15 is 0 Å². The standard InChI is InChI=1S/C15H20Cl2N2O/c1-9-6-13(17)14(7-12(9)16)19-15(20)11-4-2-10(8-18)3-5-11/h6-7,10-11H,2-5,8,18H2,1H3,(H,19,20). The second-order valence-corrected chi connectivity index (χ2v) is 6.34. The van der Waals surface area contributed by atoms with Gasteiger partial charge >= 0.3 is 0 Å². The number of halogens is 2. The molecule has 0 bridgehead atoms. The zero-order chi connectivity index (χ0) is 14.7. The number of carbonyl (C=O) groups is 1. The molecule has 0 spiro atoms. The Balaban J connectivity index is 2.00. The molecule has 0 heterocycles. The molecule has 1 aliphatic rings. The van der Waals surface area contributed by atoms with Gasteiger partial charge in [0.1, 0.15) is 0 Å². The highest BCUT2D eigenvalue weighted by Gasteiger charge is 2.26. The molecule has 3 N–H and O–H groups in total. The van der Waals surface area contributed by atoms with Crippen LogP contribution >= 0.6 is 23.2 Å². The van der Waals surface area contributed by atoms with Crippen LogP contribution in [0.4, 0.5) is 5.69 Å². The lowest BCUT2D eigenvalue weighted by Crippen LogP contribution is -2.29. The first-order chi connectivity index (χ1) is 9.51. The summed E-state index contributed by atoms with van der Waals surface area (Å²) >= 11 is 12.2. The minimum absolute atomic E-state index is 0.0299. The van der Waals surface area contributed by atoms with Crippen LogP contribution < -0.4 is 11.1 Å². The molecular formula is C15H20Cl2N2O. The normalized spacial score (nSPS) is 22.6. The number of aryl methyl sites for hydroxylation is 1. The number of rotatable bonds is 3. The van der Waals surface area contributed by atoms with Crippen molar-refractivity contribution in [1.29, 1.82) is 0 Å². The number of hydrogen-bond acceptors (Lipinski definition) is 2. The highest BCUT2D eigenvalue weighted by molar-refractivity contribution is 6.36. The van der Waals surface area contributed by atoms with Crippen LogP contribution in [0.1, 0.15) is 31.2 Å². The summed E-state index contributed by atoms with van der Waals surface area (Å²) in [5.74, 6) is 0.646. The summed E-state index contributed by atoms with van der Waals surface area (Å²) in [7, 11) is 0. The number of carbonyl (C=O) groups excluding carboxylic acids is 1. The van der Waals surface area contributed by atoms with Crippen LogP contribution in [0.25, 0.3) is 0 Å². The number of amides is 1. The monoisotopic (exact) mass is 314 g/mol. The molecule has 1 fully saturated rings. The van der Waals surface area contributed by atoms with E-state index in [4.69, 9.17) is 28.9 Å². The lowest BCUT2D eigenvalue weighted by atomic mass is 9.81. The molecule has 0 radical (unpaired) electrons. The van der Waals surface area contributed by atoms with Crippen LogP contribution in [0, 0.1) is 18.8 Å². The predicted octanol–water partition coefficient (Wildman–Crippen LogP) is 4.01. The van der Waals surface area contributed by atoms with Crippen molar-refractivity contribution in [3.8, 4) is 0 Å². The molecule has 1 aliphatic carbocycles. The Kier molecular flexibility index (Phi) is 5.30. The van der Waals surface area contributed by atoms with Crippen molar-refractivity contribution in [3.63, 3.8) is 0 Å². The molecule has 20 heavy (non-hydrogen) atoms. The lowest BCUT2D eigenvalue weighted by Gasteiger charge is -2.26. The van der Waals surface area contributed by atoms with Gasteiger partial charge in [0, 0.05) is 10.9 Å². The number of anilines is 1. The molecule has 2 rings (SSSR count). The molecule has 110 valence electrons. The van der Waals surface area contributed by atoms with E-state index in [1.54, 1.807) is 12.1 Å². The van der Waals surface area contributed by atoms with E-state index in [2.05, 4.69) is 5.32 Å². The highest BCUT2D eigenvalue weighted by atomic mass is 35.5. The first-order valence-corrected chi connectivity index (χ1v) is 7.73. The van der Waals surface area contributed by atoms with Crippen molar-refractivity contribution in [1.82, 2.24) is 0 Å². The average Bonchev–Trinajstić information content (AvgIpc) is 2.44. The first kappa shape index (κ1) is 15.6. The van der Waals surface area contributed by atoms with Gasteiger partial charge in [0.2, 0.25) is 5.91 Å². The maximum absolute atomic E-state index is 12.3. The molecule has 0 atom stereocenters. The van der Waals surface area contributed by atoms with Gasteiger partial charge in [-0.1, -0.05) is 23.2 Å². The molecule has 5 heteroatoms. The van der Waals surface area contributed by atoms with E-state index in [-0.39, 0.29) is 11.8 Å². The van der Waals surface area contributed by atoms with E-state index in [1.165, 1.54) is 0 Å². The molecule has 1 saturated carbocycles. The van der Waals surface area contributed by atoms with Crippen molar-refractivity contribution in [2.75, 3.05) is 11.9 Å². The van der Waals surface area contributed by atoms with Crippen molar-refractivity contribution < 1.29 is 4.79 Å². The quantitative estimate of drug-likeness (QED) is 0.885. The van der Waals surface area contributed by atoms with Crippen LogP contribution in [-0.4, -0.2) is 12.5 Å². The summed E-state index contributed by atoms with van der Waals surface area (Å²) in [6.45, 7) is 2.60. The van der Waals surface area contributed by atoms with Gasteiger partial charge in [-0.2, -0.15) is 0 Å². The summed E-state index contributed by atoms with van der Waals surface area (Å²) in [4.78, 5) is 12.3. The summed E-state index contributed by atoms with van der Waals surface area (Å²) in [5, 5.41) is 4.03. The van der Waals surface area contributed by atoms with Crippen LogP contribution in [0.5, 0.6) is 0 Å². The minimum atomic E-state index is 0.0299. The third-order valence-corrected chi connectivity index (χ3v) is 4.78. The first-order valence-electron chi connectivity index (χ1n) is 6.97. The van der Waals surface area contributed by atoms with Gasteiger partial charge in [-0.3, -0.25) is 4.79 Å². The van der Waals surface area contributed by atoms with Gasteiger partial charge in [0.05, 0.1) is 10.7 Å². The lowest BCUT2D eigenvalue weighted by molar-refractivity contribution is -0.121. The maximum atomic E-state index is 12.3. The fourth-order valence-corrected chi connectivity index (χ4v) is 3.07. The molecule has 0 aromatic heterocycles. The number of nitrogens with two attached hydrogens (primary N) is 1. The Morgan fingerprint density at radius 3 is 2.50 bits per heavy atom. The van der Waals surface area contributed by atoms with Gasteiger partial charge in [0.15, 0.2) is 0 Å². The summed E-state index contributed by atoms with van der Waals surface area (Å²) in [6.07, 6.45) is 3.84. The minimum Gasteiger partial charge on any atom is -0.330 e. The molecular weight excluding hydrogens is 295 g/mol. The van der Waals surface area contributed by atoms with Crippen LogP contribution in [0.3, 0.4) is 0 Å². The fraction of sp³-hybridized carbons (Fsp3) is 0.533. The van der Waals surface area contributed by atoms with Crippen molar-refractivity contribution in [3.05, 3.63) is 27.7 Å². The number of nitrogens with one attached hydrogen (secondary N) is 1. The Bertz CT molecular complexity index is 497. The van der Waals surface area contributed by atoms with Gasteiger partial charge in [-0.15, -0.1) is 0 Å². The van der Waals surface area contributed by atoms with Gasteiger partial charge in [-0.05, 0) is 62.8 Å². The molecule has 0 aliphatic heterocycles. The number of hydrogen-bond donors (Lipinski definition) is 2. The Hall–Kier alpha value is -0.770. The summed E-state index contributed by atoms with van der Waals surface area (Å²) in [6, 6.07) is 3.48. The third kappa shape index (κ3) is 3.66. The molecule has 3 nitrogen and oxygen atoms in total. The topological polar surface area (TPSA) is 55.1 Å². The smallest absolute Gasteiger partial charge is 0.227 e. The van der Waals surface area contributed by atoms with Crippen molar-refractivity contribution >= 4 is 34.8 Å². The second-order valence-electron chi connectivity index (χ2n) is 5.52. The average molecular weight is 315 g/mol. The van der Waals surface area contributed by atoms with E-state index in [9.17, 15) is 4.79 Å². The van der Waals surface area contributed by atoms with Gasteiger partial charge < -0.3 is 11.1 Å². The Labute approximate surface area is 129 Å². The molecule has 1 aromatic carbocycles. The van der Waals surface area contributed by atoms with E-state index in [0.29, 0.717) is 28.2 Å². The van der Waals surface area contributed by atoms with Crippen molar-refractivity contribution in [2.24, 2.45) is 17.6 Å². The largest absolute Gasteiger partial charge is 0.330 e. The molecule has 1 aromatic rings. The SMILES string of the molecule is Cc1cc(Cl)c(NC(=O)C2CCC(CN)CC2)cc1Cl.